The first-order chi connectivity index (χ1) is 8.65. The summed E-state index contributed by atoms with van der Waals surface area (Å²) in [5.74, 6) is 0.674. The molecule has 1 aromatic heterocycles. The Bertz CT molecular complexity index is 507. The van der Waals surface area contributed by atoms with Crippen LogP contribution in [0.3, 0.4) is 0 Å². The molecule has 94 valence electrons. The number of carbonyl (C=O) groups excluding carboxylic acids is 1. The van der Waals surface area contributed by atoms with E-state index in [9.17, 15) is 4.79 Å². The van der Waals surface area contributed by atoms with Gasteiger partial charge in [0.15, 0.2) is 6.10 Å². The Labute approximate surface area is 104 Å². The van der Waals surface area contributed by atoms with Gasteiger partial charge in [-0.25, -0.2) is 5.10 Å². The maximum atomic E-state index is 11.8. The number of aryl methyl sites for hydroxylation is 1. The van der Waals surface area contributed by atoms with E-state index >= 15 is 0 Å². The Balaban J connectivity index is 1.93. The summed E-state index contributed by atoms with van der Waals surface area (Å²) in [6.45, 7) is 3.66. The van der Waals surface area contributed by atoms with Crippen molar-refractivity contribution < 1.29 is 9.53 Å². The third-order valence-electron chi connectivity index (χ3n) is 2.36. The van der Waals surface area contributed by atoms with Gasteiger partial charge in [0.05, 0.1) is 0 Å². The molecule has 18 heavy (non-hydrogen) atoms. The van der Waals surface area contributed by atoms with Crippen LogP contribution in [0.1, 0.15) is 12.5 Å². The minimum atomic E-state index is -0.613. The Kier molecular flexibility index (Phi) is 3.57. The molecule has 2 rings (SSSR count). The summed E-state index contributed by atoms with van der Waals surface area (Å²) >= 11 is 0. The van der Waals surface area contributed by atoms with Crippen LogP contribution in [0.4, 0.5) is 5.95 Å². The zero-order valence-corrected chi connectivity index (χ0v) is 10.2. The summed E-state index contributed by atoms with van der Waals surface area (Å²) in [6, 6.07) is 7.51. The third-order valence-corrected chi connectivity index (χ3v) is 2.36. The topological polar surface area (TPSA) is 79.9 Å². The van der Waals surface area contributed by atoms with Gasteiger partial charge in [-0.3, -0.25) is 10.1 Å². The van der Waals surface area contributed by atoms with Gasteiger partial charge in [-0.05, 0) is 26.0 Å². The summed E-state index contributed by atoms with van der Waals surface area (Å²) in [6.07, 6.45) is 0.707. The summed E-state index contributed by atoms with van der Waals surface area (Å²) in [5, 5.41) is 8.74. The van der Waals surface area contributed by atoms with E-state index in [1.807, 2.05) is 31.2 Å². The summed E-state index contributed by atoms with van der Waals surface area (Å²) in [5.41, 5.74) is 1.14. The van der Waals surface area contributed by atoms with E-state index in [1.54, 1.807) is 6.92 Å². The Morgan fingerprint density at radius 3 is 2.72 bits per heavy atom. The number of amides is 1. The molecule has 2 aromatic rings. The molecule has 0 aliphatic heterocycles. The van der Waals surface area contributed by atoms with Gasteiger partial charge in [0, 0.05) is 0 Å². The minimum absolute atomic E-state index is 0.285. The van der Waals surface area contributed by atoms with E-state index in [2.05, 4.69) is 20.5 Å². The van der Waals surface area contributed by atoms with E-state index in [0.29, 0.717) is 11.7 Å². The maximum Gasteiger partial charge on any atom is 0.267 e. The fraction of sp³-hybridized carbons (Fsp3) is 0.250. The summed E-state index contributed by atoms with van der Waals surface area (Å²) < 4.78 is 5.51. The molecular weight excluding hydrogens is 232 g/mol. The summed E-state index contributed by atoms with van der Waals surface area (Å²) in [4.78, 5) is 15.6. The number of carbonyl (C=O) groups is 1. The second-order valence-electron chi connectivity index (χ2n) is 3.90. The van der Waals surface area contributed by atoms with Crippen LogP contribution in [0.5, 0.6) is 5.75 Å². The minimum Gasteiger partial charge on any atom is -0.481 e. The fourth-order valence-electron chi connectivity index (χ4n) is 1.36. The van der Waals surface area contributed by atoms with Gasteiger partial charge in [-0.15, -0.1) is 0 Å². The van der Waals surface area contributed by atoms with Crippen LogP contribution in [-0.4, -0.2) is 27.2 Å². The van der Waals surface area contributed by atoms with Crippen molar-refractivity contribution in [3.8, 4) is 5.75 Å². The first-order valence-corrected chi connectivity index (χ1v) is 5.54. The van der Waals surface area contributed by atoms with Gasteiger partial charge < -0.3 is 4.74 Å². The van der Waals surface area contributed by atoms with Crippen LogP contribution in [0, 0.1) is 6.92 Å². The quantitative estimate of drug-likeness (QED) is 0.857. The molecule has 1 heterocycles. The number of hydrogen-bond donors (Lipinski definition) is 2. The average Bonchev–Trinajstić information content (AvgIpc) is 2.85. The van der Waals surface area contributed by atoms with Crippen molar-refractivity contribution in [2.24, 2.45) is 0 Å². The summed E-state index contributed by atoms with van der Waals surface area (Å²) in [7, 11) is 0. The van der Waals surface area contributed by atoms with Crippen molar-refractivity contribution >= 4 is 11.9 Å². The van der Waals surface area contributed by atoms with Crippen LogP contribution in [0.25, 0.3) is 0 Å². The number of anilines is 1. The van der Waals surface area contributed by atoms with Crippen LogP contribution >= 0.6 is 0 Å². The predicted molar refractivity (Wildman–Crippen MR) is 66.3 cm³/mol. The van der Waals surface area contributed by atoms with Crippen molar-refractivity contribution in [2.45, 2.75) is 20.0 Å². The van der Waals surface area contributed by atoms with Gasteiger partial charge in [0.1, 0.15) is 12.1 Å². The first-order valence-electron chi connectivity index (χ1n) is 5.54. The van der Waals surface area contributed by atoms with Crippen molar-refractivity contribution in [1.29, 1.82) is 0 Å². The number of rotatable bonds is 4. The van der Waals surface area contributed by atoms with Gasteiger partial charge in [0.25, 0.3) is 5.91 Å². The largest absolute Gasteiger partial charge is 0.481 e. The van der Waals surface area contributed by atoms with E-state index < -0.39 is 6.10 Å². The maximum absolute atomic E-state index is 11.8. The Morgan fingerprint density at radius 1 is 1.39 bits per heavy atom. The predicted octanol–water partition coefficient (Wildman–Crippen LogP) is 1.52. The SMILES string of the molecule is Cc1ccc(OC(C)C(=O)Nc2ncn[nH]2)cc1. The van der Waals surface area contributed by atoms with Crippen molar-refractivity contribution in [1.82, 2.24) is 15.2 Å². The highest BCUT2D eigenvalue weighted by atomic mass is 16.5. The molecule has 0 aliphatic carbocycles. The molecule has 2 N–H and O–H groups in total. The molecule has 1 amide bonds. The molecule has 6 nitrogen and oxygen atoms in total. The highest BCUT2D eigenvalue weighted by molar-refractivity contribution is 5.92. The number of ether oxygens (including phenoxy) is 1. The zero-order valence-electron chi connectivity index (χ0n) is 10.2. The van der Waals surface area contributed by atoms with Crippen molar-refractivity contribution in [3.05, 3.63) is 36.2 Å². The Morgan fingerprint density at radius 2 is 2.11 bits per heavy atom. The number of aromatic amines is 1. The number of nitrogens with zero attached hydrogens (tertiary/aromatic N) is 2. The number of H-pyrrole nitrogens is 1. The van der Waals surface area contributed by atoms with Crippen molar-refractivity contribution in [3.63, 3.8) is 0 Å². The molecule has 0 fully saturated rings. The lowest BCUT2D eigenvalue weighted by Gasteiger charge is -2.13. The van der Waals surface area contributed by atoms with Crippen molar-refractivity contribution in [2.75, 3.05) is 5.32 Å². The molecular formula is C12H14N4O2. The zero-order chi connectivity index (χ0) is 13.0. The average molecular weight is 246 g/mol. The molecule has 0 spiro atoms. The van der Waals surface area contributed by atoms with E-state index in [4.69, 9.17) is 4.74 Å². The number of aromatic nitrogens is 3. The molecule has 6 heteroatoms. The molecule has 0 radical (unpaired) electrons. The highest BCUT2D eigenvalue weighted by Crippen LogP contribution is 2.13. The molecule has 0 saturated carbocycles. The highest BCUT2D eigenvalue weighted by Gasteiger charge is 2.15. The van der Waals surface area contributed by atoms with Crippen LogP contribution in [-0.2, 0) is 4.79 Å². The van der Waals surface area contributed by atoms with Gasteiger partial charge >= 0.3 is 0 Å². The lowest BCUT2D eigenvalue weighted by molar-refractivity contribution is -0.122. The molecule has 1 unspecified atom stereocenters. The van der Waals surface area contributed by atoms with Gasteiger partial charge in [0.2, 0.25) is 5.95 Å². The smallest absolute Gasteiger partial charge is 0.267 e. The van der Waals surface area contributed by atoms with E-state index in [0.717, 1.165) is 5.56 Å². The van der Waals surface area contributed by atoms with Crippen LogP contribution < -0.4 is 10.1 Å². The molecule has 0 bridgehead atoms. The molecule has 0 saturated heterocycles. The van der Waals surface area contributed by atoms with E-state index in [-0.39, 0.29) is 5.91 Å². The third kappa shape index (κ3) is 3.07. The lowest BCUT2D eigenvalue weighted by Crippen LogP contribution is -2.30. The standard InChI is InChI=1S/C12H14N4O2/c1-8-3-5-10(6-4-8)18-9(2)11(17)15-12-13-7-14-16-12/h3-7,9H,1-2H3,(H2,13,14,15,16,17). The Hall–Kier alpha value is -2.37. The number of hydrogen-bond acceptors (Lipinski definition) is 4. The fourth-order valence-corrected chi connectivity index (χ4v) is 1.36. The molecule has 1 atom stereocenters. The van der Waals surface area contributed by atoms with E-state index in [1.165, 1.54) is 6.33 Å². The normalized spacial score (nSPS) is 11.9. The second kappa shape index (κ2) is 5.31. The molecule has 0 aliphatic rings. The first kappa shape index (κ1) is 12.1. The molecule has 1 aromatic carbocycles. The van der Waals surface area contributed by atoms with Gasteiger partial charge in [-0.1, -0.05) is 17.7 Å². The second-order valence-corrected chi connectivity index (χ2v) is 3.90. The van der Waals surface area contributed by atoms with Crippen LogP contribution in [0.15, 0.2) is 30.6 Å². The lowest BCUT2D eigenvalue weighted by atomic mass is 10.2. The van der Waals surface area contributed by atoms with Gasteiger partial charge in [-0.2, -0.15) is 10.1 Å². The number of nitrogens with one attached hydrogen (secondary N) is 2. The van der Waals surface area contributed by atoms with Crippen LogP contribution in [0.2, 0.25) is 0 Å². The monoisotopic (exact) mass is 246 g/mol. The number of benzene rings is 1.